The van der Waals surface area contributed by atoms with Gasteiger partial charge in [-0.25, -0.2) is 13.2 Å². The van der Waals surface area contributed by atoms with Crippen LogP contribution in [0.5, 0.6) is 11.5 Å². The molecule has 28 heavy (non-hydrogen) atoms. The minimum Gasteiger partial charge on any atom is -0.457 e. The fourth-order valence-electron chi connectivity index (χ4n) is 3.88. The first-order valence-electron chi connectivity index (χ1n) is 9.61. The third-order valence-electron chi connectivity index (χ3n) is 5.28. The first kappa shape index (κ1) is 19.2. The average Bonchev–Trinajstić information content (AvgIpc) is 2.67. The SMILES string of the molecule is CC1CC(c2ccc(Oc3cccc(C(C)(F)F)c3)cc2)C2=NSCCN2C1. The Morgan fingerprint density at radius 2 is 1.93 bits per heavy atom. The Hall–Kier alpha value is -2.08. The fourth-order valence-corrected chi connectivity index (χ4v) is 4.65. The van der Waals surface area contributed by atoms with Gasteiger partial charge in [-0.3, -0.25) is 0 Å². The molecule has 3 nitrogen and oxygen atoms in total. The van der Waals surface area contributed by atoms with Crippen LogP contribution in [0.25, 0.3) is 0 Å². The largest absolute Gasteiger partial charge is 0.457 e. The number of nitrogens with zero attached hydrogens (tertiary/aromatic N) is 2. The fraction of sp³-hybridized carbons (Fsp3) is 0.409. The zero-order valence-corrected chi connectivity index (χ0v) is 16.9. The lowest BCUT2D eigenvalue weighted by Crippen LogP contribution is -2.46. The van der Waals surface area contributed by atoms with Crippen LogP contribution < -0.4 is 4.74 Å². The number of hydrogen-bond donors (Lipinski definition) is 0. The van der Waals surface area contributed by atoms with Crippen molar-refractivity contribution in [3.63, 3.8) is 0 Å². The van der Waals surface area contributed by atoms with Crippen molar-refractivity contribution >= 4 is 17.8 Å². The molecule has 0 amide bonds. The molecular weight excluding hydrogens is 378 g/mol. The molecule has 2 aliphatic rings. The van der Waals surface area contributed by atoms with E-state index >= 15 is 0 Å². The Morgan fingerprint density at radius 3 is 2.68 bits per heavy atom. The predicted octanol–water partition coefficient (Wildman–Crippen LogP) is 6.08. The average molecular weight is 403 g/mol. The van der Waals surface area contributed by atoms with Gasteiger partial charge in [-0.15, -0.1) is 0 Å². The molecule has 0 N–H and O–H groups in total. The molecule has 0 bridgehead atoms. The Bertz CT molecular complexity index is 864. The van der Waals surface area contributed by atoms with E-state index in [1.165, 1.54) is 23.5 Å². The van der Waals surface area contributed by atoms with Crippen LogP contribution in [0.3, 0.4) is 0 Å². The maximum absolute atomic E-state index is 13.5. The number of fused-ring (bicyclic) bond motifs is 1. The molecule has 2 aromatic rings. The quantitative estimate of drug-likeness (QED) is 0.580. The van der Waals surface area contributed by atoms with Crippen molar-refractivity contribution in [3.8, 4) is 11.5 Å². The van der Waals surface area contributed by atoms with E-state index in [9.17, 15) is 8.78 Å². The van der Waals surface area contributed by atoms with Crippen molar-refractivity contribution in [2.75, 3.05) is 18.8 Å². The van der Waals surface area contributed by atoms with Gasteiger partial charge in [0.2, 0.25) is 0 Å². The molecule has 6 heteroatoms. The number of benzene rings is 2. The van der Waals surface area contributed by atoms with Gasteiger partial charge < -0.3 is 9.64 Å². The number of ether oxygens (including phenoxy) is 1. The molecule has 148 valence electrons. The number of hydrogen-bond acceptors (Lipinski definition) is 4. The molecule has 0 radical (unpaired) electrons. The van der Waals surface area contributed by atoms with E-state index in [1.54, 1.807) is 24.1 Å². The molecule has 0 spiro atoms. The standard InChI is InChI=1S/C22H24F2N2OS/c1-15-12-20(21-25-28-11-10-26(21)14-15)16-6-8-18(9-7-16)27-19-5-3-4-17(13-19)22(2,23)24/h3-9,13,15,20H,10-12,14H2,1-2H3. The van der Waals surface area contributed by atoms with Crippen molar-refractivity contribution < 1.29 is 13.5 Å². The van der Waals surface area contributed by atoms with Crippen molar-refractivity contribution in [2.24, 2.45) is 10.3 Å². The molecule has 1 fully saturated rings. The van der Waals surface area contributed by atoms with Crippen molar-refractivity contribution in [3.05, 3.63) is 59.7 Å². The topological polar surface area (TPSA) is 24.8 Å². The summed E-state index contributed by atoms with van der Waals surface area (Å²) in [7, 11) is 0. The van der Waals surface area contributed by atoms with Gasteiger partial charge in [0, 0.05) is 37.2 Å². The third kappa shape index (κ3) is 4.17. The Labute approximate surface area is 168 Å². The summed E-state index contributed by atoms with van der Waals surface area (Å²) in [6, 6.07) is 14.0. The number of halogens is 2. The lowest BCUT2D eigenvalue weighted by molar-refractivity contribution is 0.0173. The summed E-state index contributed by atoms with van der Waals surface area (Å²) >= 11 is 1.65. The Morgan fingerprint density at radius 1 is 1.14 bits per heavy atom. The van der Waals surface area contributed by atoms with Gasteiger partial charge in [-0.2, -0.15) is 0 Å². The van der Waals surface area contributed by atoms with Gasteiger partial charge in [0.25, 0.3) is 5.92 Å². The van der Waals surface area contributed by atoms with E-state index in [0.29, 0.717) is 23.3 Å². The van der Waals surface area contributed by atoms with E-state index in [0.717, 1.165) is 32.2 Å². The normalized spacial score (nSPS) is 22.4. The second-order valence-electron chi connectivity index (χ2n) is 7.71. The van der Waals surface area contributed by atoms with Gasteiger partial charge in [-0.1, -0.05) is 31.2 Å². The van der Waals surface area contributed by atoms with Crippen LogP contribution >= 0.6 is 11.9 Å². The predicted molar refractivity (Wildman–Crippen MR) is 111 cm³/mol. The second-order valence-corrected chi connectivity index (χ2v) is 8.56. The molecule has 2 aromatic carbocycles. The molecule has 0 saturated carbocycles. The van der Waals surface area contributed by atoms with Gasteiger partial charge in [0.1, 0.15) is 17.3 Å². The molecule has 2 atom stereocenters. The highest BCUT2D eigenvalue weighted by molar-refractivity contribution is 7.98. The highest BCUT2D eigenvalue weighted by Crippen LogP contribution is 2.36. The van der Waals surface area contributed by atoms with Crippen LogP contribution in [0.4, 0.5) is 8.78 Å². The van der Waals surface area contributed by atoms with Crippen LogP contribution in [0.2, 0.25) is 0 Å². The van der Waals surface area contributed by atoms with Gasteiger partial charge >= 0.3 is 0 Å². The second kappa shape index (κ2) is 7.74. The highest BCUT2D eigenvalue weighted by Gasteiger charge is 2.33. The smallest absolute Gasteiger partial charge is 0.270 e. The number of amidine groups is 1. The summed E-state index contributed by atoms with van der Waals surface area (Å²) in [6.07, 6.45) is 1.09. The van der Waals surface area contributed by atoms with Crippen LogP contribution in [0.1, 0.15) is 37.3 Å². The Balaban J connectivity index is 1.52. The molecule has 0 aromatic heterocycles. The lowest BCUT2D eigenvalue weighted by atomic mass is 9.84. The zero-order valence-electron chi connectivity index (χ0n) is 16.1. The summed E-state index contributed by atoms with van der Waals surface area (Å²) in [6.45, 7) is 5.32. The summed E-state index contributed by atoms with van der Waals surface area (Å²) in [5, 5.41) is 0. The number of alkyl halides is 2. The molecule has 4 rings (SSSR count). The zero-order chi connectivity index (χ0) is 19.7. The van der Waals surface area contributed by atoms with Crippen LogP contribution in [0.15, 0.2) is 52.9 Å². The molecular formula is C22H24F2N2OS. The van der Waals surface area contributed by atoms with E-state index in [-0.39, 0.29) is 5.56 Å². The lowest BCUT2D eigenvalue weighted by Gasteiger charge is -2.40. The van der Waals surface area contributed by atoms with Crippen LogP contribution in [-0.2, 0) is 5.92 Å². The van der Waals surface area contributed by atoms with Crippen molar-refractivity contribution in [1.29, 1.82) is 0 Å². The highest BCUT2D eigenvalue weighted by atomic mass is 32.2. The van der Waals surface area contributed by atoms with E-state index in [4.69, 9.17) is 9.13 Å². The van der Waals surface area contributed by atoms with Crippen molar-refractivity contribution in [2.45, 2.75) is 32.1 Å². The number of rotatable bonds is 4. The summed E-state index contributed by atoms with van der Waals surface area (Å²) in [5.41, 5.74) is 1.17. The maximum atomic E-state index is 13.5. The monoisotopic (exact) mass is 402 g/mol. The minimum atomic E-state index is -2.88. The number of piperidine rings is 1. The minimum absolute atomic E-state index is 0.0503. The van der Waals surface area contributed by atoms with E-state index in [2.05, 4.69) is 24.0 Å². The Kier molecular flexibility index (Phi) is 5.32. The summed E-state index contributed by atoms with van der Waals surface area (Å²) in [5.74, 6) is 1.32. The molecule has 2 heterocycles. The maximum Gasteiger partial charge on any atom is 0.270 e. The van der Waals surface area contributed by atoms with E-state index in [1.807, 2.05) is 12.1 Å². The van der Waals surface area contributed by atoms with E-state index < -0.39 is 5.92 Å². The summed E-state index contributed by atoms with van der Waals surface area (Å²) in [4.78, 5) is 2.41. The molecule has 2 aliphatic heterocycles. The molecule has 0 aliphatic carbocycles. The first-order valence-corrected chi connectivity index (χ1v) is 10.6. The van der Waals surface area contributed by atoms with Crippen molar-refractivity contribution in [1.82, 2.24) is 4.90 Å². The van der Waals surface area contributed by atoms with Crippen LogP contribution in [-0.4, -0.2) is 29.6 Å². The summed E-state index contributed by atoms with van der Waals surface area (Å²) < 4.78 is 37.6. The van der Waals surface area contributed by atoms with Gasteiger partial charge in [0.05, 0.1) is 0 Å². The molecule has 1 saturated heterocycles. The van der Waals surface area contributed by atoms with Gasteiger partial charge in [0.15, 0.2) is 0 Å². The molecule has 2 unspecified atom stereocenters. The van der Waals surface area contributed by atoms with Gasteiger partial charge in [-0.05, 0) is 54.1 Å². The third-order valence-corrected chi connectivity index (χ3v) is 5.96. The first-order chi connectivity index (χ1) is 13.4. The van der Waals surface area contributed by atoms with Crippen LogP contribution in [0, 0.1) is 5.92 Å².